The van der Waals surface area contributed by atoms with Crippen molar-refractivity contribution in [1.82, 2.24) is 0 Å². The van der Waals surface area contributed by atoms with Gasteiger partial charge in [-0.1, -0.05) is 13.8 Å². The van der Waals surface area contributed by atoms with E-state index in [9.17, 15) is 9.13 Å². The number of hydrogen-bond donors (Lipinski definition) is 2. The molecule has 0 amide bonds. The van der Waals surface area contributed by atoms with Crippen LogP contribution in [0.1, 0.15) is 39.5 Å². The van der Waals surface area contributed by atoms with Crippen LogP contribution in [0.15, 0.2) is 0 Å². The largest absolute Gasteiger partial charge is 0.346 e. The van der Waals surface area contributed by atoms with Gasteiger partial charge < -0.3 is 9.79 Å². The van der Waals surface area contributed by atoms with Crippen molar-refractivity contribution >= 4 is 16.1 Å². The van der Waals surface area contributed by atoms with Crippen molar-refractivity contribution in [3.8, 4) is 0 Å². The lowest BCUT2D eigenvalue weighted by Crippen LogP contribution is -2.07. The molecule has 0 saturated carbocycles. The Kier molecular flexibility index (Phi) is 7.85. The third kappa shape index (κ3) is 5.31. The molecule has 2 N–H and O–H groups in total. The van der Waals surface area contributed by atoms with Gasteiger partial charge in [-0.25, -0.2) is 0 Å². The van der Waals surface area contributed by atoms with Gasteiger partial charge in [0, 0.05) is 11.3 Å². The standard InChI is InChI=1S/C8H20O4P2/c1-3-7(13(9)10)5-6-8(4-2)14(11)12/h7-8,13-14H,3-6H2,1-2H3,(H,9,10)(H,11,12). The maximum Gasteiger partial charge on any atom is 0.192 e. The summed E-state index contributed by atoms with van der Waals surface area (Å²) in [5.41, 5.74) is -0.370. The quantitative estimate of drug-likeness (QED) is 0.671. The monoisotopic (exact) mass is 242 g/mol. The van der Waals surface area contributed by atoms with Gasteiger partial charge in [-0.15, -0.1) is 0 Å². The fourth-order valence-corrected chi connectivity index (χ4v) is 2.93. The first kappa shape index (κ1) is 14.4. The Bertz CT molecular complexity index is 186. The minimum absolute atomic E-state index is 0.185. The van der Waals surface area contributed by atoms with E-state index in [0.29, 0.717) is 25.7 Å². The molecule has 0 aromatic carbocycles. The zero-order chi connectivity index (χ0) is 11.1. The molecule has 4 nitrogen and oxygen atoms in total. The molecule has 0 heterocycles. The molecule has 0 aromatic rings. The molecule has 0 radical (unpaired) electrons. The van der Waals surface area contributed by atoms with Crippen LogP contribution >= 0.6 is 16.1 Å². The van der Waals surface area contributed by atoms with Crippen molar-refractivity contribution in [3.05, 3.63) is 0 Å². The van der Waals surface area contributed by atoms with Crippen LogP contribution < -0.4 is 0 Å². The second-order valence-electron chi connectivity index (χ2n) is 3.46. The van der Waals surface area contributed by atoms with E-state index in [1.165, 1.54) is 0 Å². The van der Waals surface area contributed by atoms with Crippen LogP contribution in [0.5, 0.6) is 0 Å². The van der Waals surface area contributed by atoms with Crippen molar-refractivity contribution in [2.45, 2.75) is 50.8 Å². The molecule has 14 heavy (non-hydrogen) atoms. The van der Waals surface area contributed by atoms with Gasteiger partial charge in [0.15, 0.2) is 16.1 Å². The van der Waals surface area contributed by atoms with Crippen molar-refractivity contribution in [1.29, 1.82) is 0 Å². The fraction of sp³-hybridized carbons (Fsp3) is 1.00. The van der Waals surface area contributed by atoms with Crippen LogP contribution in [-0.2, 0) is 9.13 Å². The Balaban J connectivity index is 4.00. The summed E-state index contributed by atoms with van der Waals surface area (Å²) in [6.07, 6.45) is 2.49. The first-order valence-electron chi connectivity index (χ1n) is 4.98. The minimum Gasteiger partial charge on any atom is -0.346 e. The first-order chi connectivity index (χ1) is 6.52. The topological polar surface area (TPSA) is 74.6 Å². The van der Waals surface area contributed by atoms with Crippen LogP contribution in [0.4, 0.5) is 0 Å². The molecule has 0 rings (SSSR count). The second kappa shape index (κ2) is 7.64. The molecular weight excluding hydrogens is 222 g/mol. The predicted molar refractivity (Wildman–Crippen MR) is 59.8 cm³/mol. The van der Waals surface area contributed by atoms with Gasteiger partial charge in [-0.2, -0.15) is 0 Å². The molecule has 4 unspecified atom stereocenters. The molecule has 4 atom stereocenters. The van der Waals surface area contributed by atoms with E-state index in [4.69, 9.17) is 9.79 Å². The summed E-state index contributed by atoms with van der Waals surface area (Å²) < 4.78 is 21.7. The summed E-state index contributed by atoms with van der Waals surface area (Å²) in [6.45, 7) is 3.73. The average molecular weight is 242 g/mol. The van der Waals surface area contributed by atoms with E-state index < -0.39 is 16.1 Å². The van der Waals surface area contributed by atoms with E-state index in [2.05, 4.69) is 0 Å². The molecule has 86 valence electrons. The third-order valence-corrected chi connectivity index (χ3v) is 5.34. The average Bonchev–Trinajstić information content (AvgIpc) is 2.11. The van der Waals surface area contributed by atoms with Crippen molar-refractivity contribution in [3.63, 3.8) is 0 Å². The van der Waals surface area contributed by atoms with Crippen LogP contribution in [0.3, 0.4) is 0 Å². The normalized spacial score (nSPS) is 20.0. The third-order valence-electron chi connectivity index (χ3n) is 2.55. The zero-order valence-electron chi connectivity index (χ0n) is 8.69. The Morgan fingerprint density at radius 2 is 1.21 bits per heavy atom. The van der Waals surface area contributed by atoms with E-state index in [0.717, 1.165) is 0 Å². The smallest absolute Gasteiger partial charge is 0.192 e. The van der Waals surface area contributed by atoms with E-state index in [1.807, 2.05) is 13.8 Å². The molecule has 6 heteroatoms. The zero-order valence-corrected chi connectivity index (χ0v) is 10.7. The summed E-state index contributed by atoms with van der Waals surface area (Å²) in [4.78, 5) is 17.9. The molecule has 0 bridgehead atoms. The Hall–Kier alpha value is 0.380. The molecule has 0 saturated heterocycles. The highest BCUT2D eigenvalue weighted by Gasteiger charge is 2.17. The molecule has 0 aliphatic carbocycles. The fourth-order valence-electron chi connectivity index (χ4n) is 1.41. The van der Waals surface area contributed by atoms with Crippen LogP contribution in [-0.4, -0.2) is 21.1 Å². The van der Waals surface area contributed by atoms with Gasteiger partial charge in [0.1, 0.15) is 0 Å². The van der Waals surface area contributed by atoms with Gasteiger partial charge in [0.2, 0.25) is 0 Å². The van der Waals surface area contributed by atoms with Gasteiger partial charge in [0.25, 0.3) is 0 Å². The number of hydrogen-bond acceptors (Lipinski definition) is 2. The Morgan fingerprint density at radius 3 is 1.36 bits per heavy atom. The second-order valence-corrected chi connectivity index (χ2v) is 6.45. The summed E-state index contributed by atoms with van der Waals surface area (Å²) in [5, 5.41) is 0. The summed E-state index contributed by atoms with van der Waals surface area (Å²) in [7, 11) is -4.95. The molecule has 0 spiro atoms. The first-order valence-corrected chi connectivity index (χ1v) is 7.85. The highest BCUT2D eigenvalue weighted by atomic mass is 31.1. The maximum absolute atomic E-state index is 10.9. The highest BCUT2D eigenvalue weighted by Crippen LogP contribution is 2.34. The lowest BCUT2D eigenvalue weighted by Gasteiger charge is -2.15. The summed E-state index contributed by atoms with van der Waals surface area (Å²) in [5.74, 6) is 0. The lowest BCUT2D eigenvalue weighted by atomic mass is 10.1. The minimum atomic E-state index is -2.48. The van der Waals surface area contributed by atoms with Crippen molar-refractivity contribution < 1.29 is 18.9 Å². The lowest BCUT2D eigenvalue weighted by molar-refractivity contribution is 0.460. The van der Waals surface area contributed by atoms with Gasteiger partial charge in [-0.3, -0.25) is 9.13 Å². The SMILES string of the molecule is CCC(CCC(CC)[PH](=O)O)[PH](=O)O. The van der Waals surface area contributed by atoms with E-state index >= 15 is 0 Å². The van der Waals surface area contributed by atoms with Crippen molar-refractivity contribution in [2.75, 3.05) is 0 Å². The molecular formula is C8H20O4P2. The van der Waals surface area contributed by atoms with Gasteiger partial charge in [0.05, 0.1) is 0 Å². The summed E-state index contributed by atoms with van der Waals surface area (Å²) >= 11 is 0. The molecule has 0 aliphatic rings. The molecule has 0 fully saturated rings. The molecule has 0 aliphatic heterocycles. The van der Waals surface area contributed by atoms with Gasteiger partial charge in [-0.05, 0) is 25.7 Å². The molecule has 0 aromatic heterocycles. The highest BCUT2D eigenvalue weighted by molar-refractivity contribution is 7.39. The van der Waals surface area contributed by atoms with E-state index in [1.54, 1.807) is 0 Å². The summed E-state index contributed by atoms with van der Waals surface area (Å²) in [6, 6.07) is 0. The predicted octanol–water partition coefficient (Wildman–Crippen LogP) is 2.26. The van der Waals surface area contributed by atoms with Crippen molar-refractivity contribution in [2.24, 2.45) is 0 Å². The van der Waals surface area contributed by atoms with E-state index in [-0.39, 0.29) is 11.3 Å². The Labute approximate surface area is 86.5 Å². The Morgan fingerprint density at radius 1 is 0.929 bits per heavy atom. The van der Waals surface area contributed by atoms with Crippen LogP contribution in [0.25, 0.3) is 0 Å². The van der Waals surface area contributed by atoms with Crippen LogP contribution in [0.2, 0.25) is 0 Å². The number of rotatable bonds is 7. The van der Waals surface area contributed by atoms with Crippen LogP contribution in [0, 0.1) is 0 Å². The maximum atomic E-state index is 10.9. The van der Waals surface area contributed by atoms with Gasteiger partial charge >= 0.3 is 0 Å².